The third kappa shape index (κ3) is 2.06. The van der Waals surface area contributed by atoms with Gasteiger partial charge in [-0.25, -0.2) is 4.79 Å². The van der Waals surface area contributed by atoms with Crippen LogP contribution < -0.4 is 10.6 Å². The molecule has 7 nitrogen and oxygen atoms in total. The number of amides is 1. The van der Waals surface area contributed by atoms with Crippen LogP contribution in [-0.4, -0.2) is 31.2 Å². The van der Waals surface area contributed by atoms with E-state index in [1.54, 1.807) is 6.92 Å². The molecule has 1 amide bonds. The molecule has 0 fully saturated rings. The fraction of sp³-hybridized carbons (Fsp3) is 0.375. The van der Waals surface area contributed by atoms with E-state index in [0.29, 0.717) is 6.41 Å². The molecule has 1 heterocycles. The summed E-state index contributed by atoms with van der Waals surface area (Å²) in [5, 5.41) is 3.39. The van der Waals surface area contributed by atoms with Crippen molar-refractivity contribution < 1.29 is 18.8 Å². The smallest absolute Gasteiger partial charge is 0.379 e. The van der Waals surface area contributed by atoms with E-state index in [1.807, 2.05) is 0 Å². The summed E-state index contributed by atoms with van der Waals surface area (Å²) in [6.45, 7) is 1.85. The van der Waals surface area contributed by atoms with E-state index in [0.717, 1.165) is 4.90 Å². The molecule has 0 bridgehead atoms. The van der Waals surface area contributed by atoms with Crippen LogP contribution in [0.3, 0.4) is 0 Å². The predicted molar refractivity (Wildman–Crippen MR) is 51.3 cm³/mol. The summed E-state index contributed by atoms with van der Waals surface area (Å²) in [7, 11) is 1.43. The molecular weight excluding hydrogens is 202 g/mol. The van der Waals surface area contributed by atoms with Crippen molar-refractivity contribution in [1.29, 1.82) is 0 Å². The number of rotatable bonds is 4. The number of nitrogen functional groups attached to an aromatic ring is 1. The zero-order valence-electron chi connectivity index (χ0n) is 8.39. The summed E-state index contributed by atoms with van der Waals surface area (Å²) in [6.07, 6.45) is 0.492. The molecule has 0 unspecified atom stereocenters. The molecule has 0 aliphatic heterocycles. The molecular formula is C8H11N3O4. The Kier molecular flexibility index (Phi) is 3.27. The number of aromatic nitrogens is 1. The van der Waals surface area contributed by atoms with Crippen molar-refractivity contribution in [3.8, 4) is 0 Å². The van der Waals surface area contributed by atoms with Crippen LogP contribution >= 0.6 is 0 Å². The van der Waals surface area contributed by atoms with Crippen LogP contribution in [0, 0.1) is 0 Å². The van der Waals surface area contributed by atoms with E-state index < -0.39 is 5.97 Å². The quantitative estimate of drug-likeness (QED) is 0.559. The largest absolute Gasteiger partial charge is 0.460 e. The van der Waals surface area contributed by atoms with Crippen molar-refractivity contribution >= 4 is 23.9 Å². The second-order valence-corrected chi connectivity index (χ2v) is 2.68. The highest BCUT2D eigenvalue weighted by Crippen LogP contribution is 2.26. The van der Waals surface area contributed by atoms with Crippen molar-refractivity contribution in [2.75, 3.05) is 24.3 Å². The van der Waals surface area contributed by atoms with Gasteiger partial charge in [-0.2, -0.15) is 0 Å². The first-order valence-electron chi connectivity index (χ1n) is 4.22. The topological polar surface area (TPSA) is 98.7 Å². The van der Waals surface area contributed by atoms with Crippen LogP contribution in [0.4, 0.5) is 11.5 Å². The minimum atomic E-state index is -0.703. The Labute approximate surface area is 85.8 Å². The molecule has 0 saturated heterocycles. The molecule has 15 heavy (non-hydrogen) atoms. The third-order valence-corrected chi connectivity index (χ3v) is 1.66. The summed E-state index contributed by atoms with van der Waals surface area (Å²) < 4.78 is 9.39. The lowest BCUT2D eigenvalue weighted by Crippen LogP contribution is -2.18. The van der Waals surface area contributed by atoms with Crippen LogP contribution in [-0.2, 0) is 9.53 Å². The molecule has 0 aliphatic rings. The average Bonchev–Trinajstić information content (AvgIpc) is 2.59. The average molecular weight is 213 g/mol. The van der Waals surface area contributed by atoms with E-state index in [2.05, 4.69) is 9.68 Å². The van der Waals surface area contributed by atoms with Gasteiger partial charge in [-0.15, -0.1) is 0 Å². The fourth-order valence-corrected chi connectivity index (χ4v) is 1.02. The van der Waals surface area contributed by atoms with Gasteiger partial charge in [0.2, 0.25) is 6.41 Å². The number of hydrogen-bond donors (Lipinski definition) is 1. The van der Waals surface area contributed by atoms with Gasteiger partial charge in [0.05, 0.1) is 6.61 Å². The summed E-state index contributed by atoms with van der Waals surface area (Å²) in [5.74, 6) is -0.915. The molecule has 0 spiro atoms. The van der Waals surface area contributed by atoms with Crippen LogP contribution in [0.25, 0.3) is 0 Å². The Bertz CT molecular complexity index is 374. The number of carbonyl (C=O) groups is 2. The maximum atomic E-state index is 11.3. The Morgan fingerprint density at radius 3 is 2.93 bits per heavy atom. The Morgan fingerprint density at radius 2 is 2.40 bits per heavy atom. The number of esters is 1. The van der Waals surface area contributed by atoms with Gasteiger partial charge < -0.3 is 19.9 Å². The second-order valence-electron chi connectivity index (χ2n) is 2.68. The van der Waals surface area contributed by atoms with E-state index in [4.69, 9.17) is 10.5 Å². The van der Waals surface area contributed by atoms with Gasteiger partial charge in [-0.3, -0.25) is 4.79 Å². The number of nitrogens with zero attached hydrogens (tertiary/aromatic N) is 2. The molecule has 0 radical (unpaired) electrons. The van der Waals surface area contributed by atoms with Crippen LogP contribution in [0.1, 0.15) is 17.5 Å². The lowest BCUT2D eigenvalue weighted by molar-refractivity contribution is -0.107. The standard InChI is InChI=1S/C8H11N3O4/c1-3-14-8(13)6-5(11(2)4-12)7(9)10-15-6/h4H,3H2,1-2H3,(H2,9,10). The monoisotopic (exact) mass is 213 g/mol. The highest BCUT2D eigenvalue weighted by molar-refractivity contribution is 5.98. The first-order valence-corrected chi connectivity index (χ1v) is 4.22. The van der Waals surface area contributed by atoms with Gasteiger partial charge >= 0.3 is 5.97 Å². The molecule has 2 N–H and O–H groups in total. The zero-order chi connectivity index (χ0) is 11.4. The maximum Gasteiger partial charge on any atom is 0.379 e. The molecule has 1 rings (SSSR count). The van der Waals surface area contributed by atoms with Gasteiger partial charge in [0, 0.05) is 7.05 Å². The molecule has 0 aliphatic carbocycles. The molecule has 82 valence electrons. The van der Waals surface area contributed by atoms with Gasteiger partial charge in [0.1, 0.15) is 5.69 Å². The van der Waals surface area contributed by atoms with E-state index in [9.17, 15) is 9.59 Å². The van der Waals surface area contributed by atoms with Crippen molar-refractivity contribution in [1.82, 2.24) is 5.16 Å². The highest BCUT2D eigenvalue weighted by atomic mass is 16.6. The van der Waals surface area contributed by atoms with E-state index >= 15 is 0 Å². The summed E-state index contributed by atoms with van der Waals surface area (Å²) in [6, 6.07) is 0. The molecule has 0 aromatic carbocycles. The number of nitrogens with two attached hydrogens (primary N) is 1. The molecule has 1 aromatic heterocycles. The summed E-state index contributed by atoms with van der Waals surface area (Å²) in [4.78, 5) is 23.0. The number of ether oxygens (including phenoxy) is 1. The van der Waals surface area contributed by atoms with Gasteiger partial charge in [0.15, 0.2) is 5.82 Å². The minimum absolute atomic E-state index is 0.0346. The zero-order valence-corrected chi connectivity index (χ0v) is 8.39. The van der Waals surface area contributed by atoms with Crippen molar-refractivity contribution in [3.05, 3.63) is 5.76 Å². The Hall–Kier alpha value is -2.05. The number of hydrogen-bond acceptors (Lipinski definition) is 6. The lowest BCUT2D eigenvalue weighted by Gasteiger charge is -2.08. The molecule has 0 saturated carbocycles. The number of anilines is 2. The van der Waals surface area contributed by atoms with E-state index in [1.165, 1.54) is 7.05 Å². The number of carbonyl (C=O) groups excluding carboxylic acids is 2. The van der Waals surface area contributed by atoms with Gasteiger partial charge in [-0.1, -0.05) is 5.16 Å². The summed E-state index contributed by atoms with van der Waals surface area (Å²) in [5.41, 5.74) is 5.55. The van der Waals surface area contributed by atoms with Crippen molar-refractivity contribution in [2.24, 2.45) is 0 Å². The SMILES string of the molecule is CCOC(=O)c1onc(N)c1N(C)C=O. The molecule has 7 heteroatoms. The highest BCUT2D eigenvalue weighted by Gasteiger charge is 2.24. The van der Waals surface area contributed by atoms with Crippen LogP contribution in [0.15, 0.2) is 4.52 Å². The normalized spacial score (nSPS) is 9.73. The summed E-state index contributed by atoms with van der Waals surface area (Å²) >= 11 is 0. The Balaban J connectivity index is 3.08. The van der Waals surface area contributed by atoms with Crippen molar-refractivity contribution in [3.63, 3.8) is 0 Å². The van der Waals surface area contributed by atoms with E-state index in [-0.39, 0.29) is 23.9 Å². The minimum Gasteiger partial charge on any atom is -0.460 e. The molecule has 1 aromatic rings. The van der Waals surface area contributed by atoms with Gasteiger partial charge in [-0.05, 0) is 6.92 Å². The molecule has 0 atom stereocenters. The first-order chi connectivity index (χ1) is 7.11. The van der Waals surface area contributed by atoms with Gasteiger partial charge in [0.25, 0.3) is 5.76 Å². The maximum absolute atomic E-state index is 11.3. The lowest BCUT2D eigenvalue weighted by atomic mass is 10.3. The fourth-order valence-electron chi connectivity index (χ4n) is 1.02. The Morgan fingerprint density at radius 1 is 1.73 bits per heavy atom. The predicted octanol–water partition coefficient (Wildman–Crippen LogP) is 0.0261. The van der Waals surface area contributed by atoms with Crippen molar-refractivity contribution in [2.45, 2.75) is 6.92 Å². The first kappa shape index (κ1) is 11.0. The second kappa shape index (κ2) is 4.45. The van der Waals surface area contributed by atoms with Crippen LogP contribution in [0.2, 0.25) is 0 Å². The van der Waals surface area contributed by atoms with Crippen LogP contribution in [0.5, 0.6) is 0 Å². The third-order valence-electron chi connectivity index (χ3n) is 1.66.